The maximum atomic E-state index is 12.1. The van der Waals surface area contributed by atoms with Gasteiger partial charge < -0.3 is 0 Å². The van der Waals surface area contributed by atoms with Crippen molar-refractivity contribution in [1.29, 1.82) is 0 Å². The first-order valence-electron chi connectivity index (χ1n) is 6.50. The highest BCUT2D eigenvalue weighted by atomic mass is 35.5. The third-order valence-corrected chi connectivity index (χ3v) is 3.99. The summed E-state index contributed by atoms with van der Waals surface area (Å²) in [7, 11) is 0. The number of aryl methyl sites for hydroxylation is 1. The molecule has 0 radical (unpaired) electrons. The van der Waals surface area contributed by atoms with Gasteiger partial charge in [0.05, 0.1) is 0 Å². The molecule has 1 aromatic carbocycles. The zero-order valence-corrected chi connectivity index (χ0v) is 12.1. The fraction of sp³-hybridized carbons (Fsp3) is 0.467. The van der Waals surface area contributed by atoms with Crippen molar-refractivity contribution < 1.29 is 9.59 Å². The van der Waals surface area contributed by atoms with Gasteiger partial charge in [-0.3, -0.25) is 14.9 Å². The van der Waals surface area contributed by atoms with E-state index in [0.717, 1.165) is 11.1 Å². The van der Waals surface area contributed by atoms with Gasteiger partial charge in [0.1, 0.15) is 0 Å². The topological polar surface area (TPSA) is 46.2 Å². The molecule has 0 aromatic heterocycles. The Kier molecular flexibility index (Phi) is 3.95. The van der Waals surface area contributed by atoms with Gasteiger partial charge in [-0.1, -0.05) is 31.5 Å². The second kappa shape index (κ2) is 5.33. The number of imide groups is 1. The van der Waals surface area contributed by atoms with Crippen molar-refractivity contribution in [2.24, 2.45) is 11.8 Å². The molecule has 1 heterocycles. The van der Waals surface area contributed by atoms with Gasteiger partial charge in [0.15, 0.2) is 0 Å². The van der Waals surface area contributed by atoms with Crippen molar-refractivity contribution in [2.45, 2.75) is 33.1 Å². The van der Waals surface area contributed by atoms with Crippen molar-refractivity contribution in [3.63, 3.8) is 0 Å². The number of amides is 2. The zero-order valence-electron chi connectivity index (χ0n) is 11.4. The van der Waals surface area contributed by atoms with E-state index in [1.807, 2.05) is 39.0 Å². The second-order valence-corrected chi connectivity index (χ2v) is 5.93. The fourth-order valence-corrected chi connectivity index (χ4v) is 3.13. The van der Waals surface area contributed by atoms with Gasteiger partial charge in [0.2, 0.25) is 11.8 Å². The summed E-state index contributed by atoms with van der Waals surface area (Å²) in [5.41, 5.74) is 2.08. The summed E-state index contributed by atoms with van der Waals surface area (Å²) in [6.07, 6.45) is 0.358. The first-order valence-corrected chi connectivity index (χ1v) is 6.87. The van der Waals surface area contributed by atoms with Gasteiger partial charge in [0, 0.05) is 23.3 Å². The Morgan fingerprint density at radius 1 is 1.32 bits per heavy atom. The minimum absolute atomic E-state index is 0.0569. The van der Waals surface area contributed by atoms with E-state index in [-0.39, 0.29) is 29.6 Å². The number of rotatable bonds is 2. The number of carbonyl (C=O) groups is 2. The van der Waals surface area contributed by atoms with Gasteiger partial charge in [-0.15, -0.1) is 0 Å². The number of nitrogens with one attached hydrogen (secondary N) is 1. The number of halogens is 1. The van der Waals surface area contributed by atoms with Crippen LogP contribution < -0.4 is 5.32 Å². The lowest BCUT2D eigenvalue weighted by atomic mass is 9.73. The summed E-state index contributed by atoms with van der Waals surface area (Å²) in [6, 6.07) is 5.63. The molecule has 1 N–H and O–H groups in total. The van der Waals surface area contributed by atoms with Crippen LogP contribution in [0.3, 0.4) is 0 Å². The first kappa shape index (κ1) is 14.1. The van der Waals surface area contributed by atoms with E-state index in [1.54, 1.807) is 0 Å². The summed E-state index contributed by atoms with van der Waals surface area (Å²) in [6.45, 7) is 5.99. The number of piperidine rings is 1. The van der Waals surface area contributed by atoms with Crippen LogP contribution in [0.25, 0.3) is 0 Å². The van der Waals surface area contributed by atoms with Gasteiger partial charge >= 0.3 is 0 Å². The van der Waals surface area contributed by atoms with Crippen LogP contribution in [0, 0.1) is 18.8 Å². The van der Waals surface area contributed by atoms with Crippen molar-refractivity contribution >= 4 is 23.4 Å². The molecule has 0 saturated carbocycles. The molecule has 1 aliphatic rings. The molecule has 0 spiro atoms. The lowest BCUT2D eigenvalue weighted by molar-refractivity contribution is -0.138. The summed E-state index contributed by atoms with van der Waals surface area (Å²) in [4.78, 5) is 23.7. The Morgan fingerprint density at radius 3 is 2.58 bits per heavy atom. The molecule has 4 heteroatoms. The average molecular weight is 280 g/mol. The molecular weight excluding hydrogens is 262 g/mol. The van der Waals surface area contributed by atoms with E-state index in [1.165, 1.54) is 0 Å². The highest BCUT2D eigenvalue weighted by molar-refractivity contribution is 6.30. The monoisotopic (exact) mass is 279 g/mol. The Morgan fingerprint density at radius 2 is 2.00 bits per heavy atom. The highest BCUT2D eigenvalue weighted by Gasteiger charge is 2.39. The molecule has 0 aliphatic carbocycles. The van der Waals surface area contributed by atoms with Gasteiger partial charge in [-0.2, -0.15) is 0 Å². The van der Waals surface area contributed by atoms with Crippen LogP contribution in [0.2, 0.25) is 5.02 Å². The molecule has 1 saturated heterocycles. The Labute approximate surface area is 118 Å². The predicted molar refractivity (Wildman–Crippen MR) is 75.0 cm³/mol. The summed E-state index contributed by atoms with van der Waals surface area (Å²) >= 11 is 5.97. The standard InChI is InChI=1S/C15H18ClNO2/c1-8(2)14-12(7-13(18)17-15(14)19)11-5-4-10(16)6-9(11)3/h4-6,8,12,14H,7H2,1-3H3,(H,17,18,19). The van der Waals surface area contributed by atoms with E-state index in [4.69, 9.17) is 11.6 Å². The molecule has 3 nitrogen and oxygen atoms in total. The normalized spacial score (nSPS) is 23.6. The molecule has 19 heavy (non-hydrogen) atoms. The van der Waals surface area contributed by atoms with Crippen LogP contribution in [0.4, 0.5) is 0 Å². The molecule has 2 atom stereocenters. The fourth-order valence-electron chi connectivity index (χ4n) is 2.91. The maximum Gasteiger partial charge on any atom is 0.230 e. The van der Waals surface area contributed by atoms with Crippen LogP contribution in [0.5, 0.6) is 0 Å². The molecule has 1 aliphatic heterocycles. The van der Waals surface area contributed by atoms with Gasteiger partial charge in [0.25, 0.3) is 0 Å². The van der Waals surface area contributed by atoms with E-state index in [2.05, 4.69) is 5.32 Å². The quantitative estimate of drug-likeness (QED) is 0.846. The number of hydrogen-bond acceptors (Lipinski definition) is 2. The predicted octanol–water partition coefficient (Wildman–Crippen LogP) is 3.05. The first-order chi connectivity index (χ1) is 8.90. The second-order valence-electron chi connectivity index (χ2n) is 5.49. The Balaban J connectivity index is 2.43. The number of benzene rings is 1. The molecule has 102 valence electrons. The van der Waals surface area contributed by atoms with E-state index in [9.17, 15) is 9.59 Å². The van der Waals surface area contributed by atoms with Crippen molar-refractivity contribution in [1.82, 2.24) is 5.32 Å². The van der Waals surface area contributed by atoms with Crippen LogP contribution >= 0.6 is 11.6 Å². The minimum atomic E-state index is -0.193. The van der Waals surface area contributed by atoms with Crippen molar-refractivity contribution in [3.05, 3.63) is 34.3 Å². The zero-order chi connectivity index (χ0) is 14.2. The summed E-state index contributed by atoms with van der Waals surface area (Å²) in [5, 5.41) is 3.11. The van der Waals surface area contributed by atoms with Crippen molar-refractivity contribution in [3.8, 4) is 0 Å². The largest absolute Gasteiger partial charge is 0.296 e. The van der Waals surface area contributed by atoms with Gasteiger partial charge in [-0.05, 0) is 36.1 Å². The molecular formula is C15H18ClNO2. The van der Waals surface area contributed by atoms with Crippen LogP contribution in [0.1, 0.15) is 37.3 Å². The van der Waals surface area contributed by atoms with Crippen LogP contribution in [0.15, 0.2) is 18.2 Å². The molecule has 1 aromatic rings. The van der Waals surface area contributed by atoms with E-state index in [0.29, 0.717) is 11.4 Å². The molecule has 2 unspecified atom stereocenters. The third-order valence-electron chi connectivity index (χ3n) is 3.75. The van der Waals surface area contributed by atoms with Crippen molar-refractivity contribution in [2.75, 3.05) is 0 Å². The SMILES string of the molecule is Cc1cc(Cl)ccc1C1CC(=O)NC(=O)C1C(C)C. The third kappa shape index (κ3) is 2.81. The molecule has 0 bridgehead atoms. The number of hydrogen-bond donors (Lipinski definition) is 1. The molecule has 1 fully saturated rings. The van der Waals surface area contributed by atoms with E-state index >= 15 is 0 Å². The average Bonchev–Trinajstić information content (AvgIpc) is 2.26. The lowest BCUT2D eigenvalue weighted by Crippen LogP contribution is -2.46. The summed E-state index contributed by atoms with van der Waals surface area (Å²) < 4.78 is 0. The Bertz CT molecular complexity index is 525. The summed E-state index contributed by atoms with van der Waals surface area (Å²) in [5.74, 6) is -0.392. The number of carbonyl (C=O) groups excluding carboxylic acids is 2. The van der Waals surface area contributed by atoms with E-state index < -0.39 is 0 Å². The lowest BCUT2D eigenvalue weighted by Gasteiger charge is -2.33. The highest BCUT2D eigenvalue weighted by Crippen LogP contribution is 2.37. The van der Waals surface area contributed by atoms with Crippen LogP contribution in [-0.2, 0) is 9.59 Å². The van der Waals surface area contributed by atoms with Gasteiger partial charge in [-0.25, -0.2) is 0 Å². The minimum Gasteiger partial charge on any atom is -0.296 e. The molecule has 2 amide bonds. The van der Waals surface area contributed by atoms with Crippen LogP contribution in [-0.4, -0.2) is 11.8 Å². The maximum absolute atomic E-state index is 12.1. The smallest absolute Gasteiger partial charge is 0.230 e. The Hall–Kier alpha value is -1.35. The molecule has 2 rings (SSSR count).